The van der Waals surface area contributed by atoms with Gasteiger partial charge in [0.05, 0.1) is 25.1 Å². The summed E-state index contributed by atoms with van der Waals surface area (Å²) in [4.78, 5) is 26.6. The second kappa shape index (κ2) is 8.03. The van der Waals surface area contributed by atoms with E-state index in [1.54, 1.807) is 22.8 Å². The number of benzene rings is 1. The molecule has 1 N–H and O–H groups in total. The van der Waals surface area contributed by atoms with E-state index in [1.807, 2.05) is 43.6 Å². The Morgan fingerprint density at radius 1 is 1.27 bits per heavy atom. The molecule has 1 fully saturated rings. The summed E-state index contributed by atoms with van der Waals surface area (Å²) in [6.45, 7) is 1.26. The number of likely N-dealkylation sites (tertiary alicyclic amines) is 1. The highest BCUT2D eigenvalue weighted by atomic mass is 16.5. The van der Waals surface area contributed by atoms with Crippen LogP contribution in [0.3, 0.4) is 0 Å². The minimum atomic E-state index is -0.261. The lowest BCUT2D eigenvalue weighted by atomic mass is 9.90. The van der Waals surface area contributed by atoms with Gasteiger partial charge in [-0.2, -0.15) is 5.10 Å². The second-order valence-corrected chi connectivity index (χ2v) is 6.48. The van der Waals surface area contributed by atoms with Crippen molar-refractivity contribution in [2.24, 2.45) is 13.0 Å². The first-order valence-electron chi connectivity index (χ1n) is 8.74. The first-order chi connectivity index (χ1) is 12.6. The highest BCUT2D eigenvalue weighted by molar-refractivity contribution is 5.83. The molecule has 1 aromatic heterocycles. The van der Waals surface area contributed by atoms with Crippen molar-refractivity contribution in [1.82, 2.24) is 20.0 Å². The topological polar surface area (TPSA) is 76.5 Å². The van der Waals surface area contributed by atoms with Crippen LogP contribution < -0.4 is 10.1 Å². The summed E-state index contributed by atoms with van der Waals surface area (Å²) in [6.07, 6.45) is 3.97. The van der Waals surface area contributed by atoms with E-state index >= 15 is 0 Å². The lowest BCUT2D eigenvalue weighted by Crippen LogP contribution is -2.34. The Kier molecular flexibility index (Phi) is 5.55. The van der Waals surface area contributed by atoms with Gasteiger partial charge in [0.1, 0.15) is 5.75 Å². The van der Waals surface area contributed by atoms with Crippen LogP contribution in [0, 0.1) is 5.92 Å². The Morgan fingerprint density at radius 3 is 2.69 bits per heavy atom. The Bertz CT molecular complexity index is 759. The Morgan fingerprint density at radius 2 is 2.04 bits per heavy atom. The number of ether oxygens (including phenoxy) is 1. The first kappa shape index (κ1) is 18.0. The van der Waals surface area contributed by atoms with Crippen molar-refractivity contribution in [2.75, 3.05) is 26.7 Å². The van der Waals surface area contributed by atoms with E-state index in [-0.39, 0.29) is 30.1 Å². The van der Waals surface area contributed by atoms with Crippen LogP contribution in [0.2, 0.25) is 0 Å². The van der Waals surface area contributed by atoms with Crippen LogP contribution in [0.1, 0.15) is 17.9 Å². The van der Waals surface area contributed by atoms with E-state index in [2.05, 4.69) is 10.4 Å². The molecule has 0 spiro atoms. The molecule has 0 bridgehead atoms. The standard InChI is InChI=1S/C19H24N4O3/c1-20-19(25)17-13-23(12-16(17)14-10-21-22(2)11-14)18(24)8-9-26-15-6-4-3-5-7-15/h3-7,10-11,16-17H,8-9,12-13H2,1-2H3,(H,20,25)/t16-,17+/m1/s1. The quantitative estimate of drug-likeness (QED) is 0.843. The lowest BCUT2D eigenvalue weighted by molar-refractivity contribution is -0.131. The molecular weight excluding hydrogens is 332 g/mol. The molecule has 138 valence electrons. The normalized spacial score (nSPS) is 19.4. The van der Waals surface area contributed by atoms with Gasteiger partial charge in [0.15, 0.2) is 0 Å². The smallest absolute Gasteiger partial charge is 0.226 e. The minimum Gasteiger partial charge on any atom is -0.493 e. The van der Waals surface area contributed by atoms with E-state index in [0.29, 0.717) is 19.7 Å². The van der Waals surface area contributed by atoms with Gasteiger partial charge in [-0.15, -0.1) is 0 Å². The Hall–Kier alpha value is -2.83. The highest BCUT2D eigenvalue weighted by Crippen LogP contribution is 2.33. The van der Waals surface area contributed by atoms with Crippen molar-refractivity contribution < 1.29 is 14.3 Å². The third-order valence-corrected chi connectivity index (χ3v) is 4.74. The number of rotatable bonds is 6. The summed E-state index contributed by atoms with van der Waals surface area (Å²) < 4.78 is 7.32. The van der Waals surface area contributed by atoms with Gasteiger partial charge in [0, 0.05) is 39.3 Å². The van der Waals surface area contributed by atoms with Crippen LogP contribution in [0.5, 0.6) is 5.75 Å². The molecule has 26 heavy (non-hydrogen) atoms. The van der Waals surface area contributed by atoms with Crippen molar-refractivity contribution in [2.45, 2.75) is 12.3 Å². The summed E-state index contributed by atoms with van der Waals surface area (Å²) in [6, 6.07) is 9.43. The molecule has 0 unspecified atom stereocenters. The fourth-order valence-electron chi connectivity index (χ4n) is 3.36. The molecule has 0 saturated carbocycles. The van der Waals surface area contributed by atoms with Crippen molar-refractivity contribution in [3.63, 3.8) is 0 Å². The predicted molar refractivity (Wildman–Crippen MR) is 96.6 cm³/mol. The molecule has 3 rings (SSSR count). The maximum Gasteiger partial charge on any atom is 0.226 e. The SMILES string of the molecule is CNC(=O)[C@H]1CN(C(=O)CCOc2ccccc2)C[C@@H]1c1cnn(C)c1. The molecule has 2 atom stereocenters. The fraction of sp³-hybridized carbons (Fsp3) is 0.421. The number of nitrogens with zero attached hydrogens (tertiary/aromatic N) is 3. The van der Waals surface area contributed by atoms with Gasteiger partial charge in [-0.1, -0.05) is 18.2 Å². The number of aryl methyl sites for hydroxylation is 1. The van der Waals surface area contributed by atoms with Crippen LogP contribution in [-0.2, 0) is 16.6 Å². The van der Waals surface area contributed by atoms with Crippen LogP contribution in [0.25, 0.3) is 0 Å². The summed E-state index contributed by atoms with van der Waals surface area (Å²) >= 11 is 0. The van der Waals surface area contributed by atoms with Crippen molar-refractivity contribution in [3.05, 3.63) is 48.3 Å². The van der Waals surface area contributed by atoms with E-state index in [0.717, 1.165) is 11.3 Å². The molecule has 1 aliphatic heterocycles. The molecule has 0 radical (unpaired) electrons. The van der Waals surface area contributed by atoms with Crippen LogP contribution >= 0.6 is 0 Å². The lowest BCUT2D eigenvalue weighted by Gasteiger charge is -2.16. The van der Waals surface area contributed by atoms with E-state index in [4.69, 9.17) is 4.74 Å². The fourth-order valence-corrected chi connectivity index (χ4v) is 3.36. The molecule has 1 saturated heterocycles. The molecule has 2 aromatic rings. The van der Waals surface area contributed by atoms with Gasteiger partial charge in [0.2, 0.25) is 11.8 Å². The molecule has 2 heterocycles. The molecule has 7 heteroatoms. The van der Waals surface area contributed by atoms with Gasteiger partial charge in [-0.05, 0) is 17.7 Å². The van der Waals surface area contributed by atoms with Gasteiger partial charge in [-0.3, -0.25) is 14.3 Å². The number of aromatic nitrogens is 2. The van der Waals surface area contributed by atoms with Gasteiger partial charge < -0.3 is 15.0 Å². The molecule has 7 nitrogen and oxygen atoms in total. The zero-order valence-electron chi connectivity index (χ0n) is 15.1. The Labute approximate surface area is 152 Å². The zero-order chi connectivity index (χ0) is 18.5. The van der Waals surface area contributed by atoms with E-state index in [9.17, 15) is 9.59 Å². The minimum absolute atomic E-state index is 0.00113. The molecule has 1 aromatic carbocycles. The van der Waals surface area contributed by atoms with Crippen LogP contribution in [0.4, 0.5) is 0 Å². The van der Waals surface area contributed by atoms with Gasteiger partial charge >= 0.3 is 0 Å². The molecule has 1 aliphatic rings. The number of hydrogen-bond donors (Lipinski definition) is 1. The van der Waals surface area contributed by atoms with E-state index < -0.39 is 0 Å². The second-order valence-electron chi connectivity index (χ2n) is 6.48. The van der Waals surface area contributed by atoms with Crippen molar-refractivity contribution in [1.29, 1.82) is 0 Å². The van der Waals surface area contributed by atoms with Crippen molar-refractivity contribution in [3.8, 4) is 5.75 Å². The number of nitrogens with one attached hydrogen (secondary N) is 1. The average molecular weight is 356 g/mol. The van der Waals surface area contributed by atoms with Gasteiger partial charge in [0.25, 0.3) is 0 Å². The summed E-state index contributed by atoms with van der Waals surface area (Å²) in [5.41, 5.74) is 0.983. The largest absolute Gasteiger partial charge is 0.493 e. The van der Waals surface area contributed by atoms with Crippen molar-refractivity contribution >= 4 is 11.8 Å². The van der Waals surface area contributed by atoms with Crippen LogP contribution in [0.15, 0.2) is 42.7 Å². The third-order valence-electron chi connectivity index (χ3n) is 4.74. The molecule has 2 amide bonds. The zero-order valence-corrected chi connectivity index (χ0v) is 15.1. The van der Waals surface area contributed by atoms with E-state index in [1.165, 1.54) is 0 Å². The summed E-state index contributed by atoms with van der Waals surface area (Å²) in [5, 5.41) is 6.90. The maximum absolute atomic E-state index is 12.6. The first-order valence-corrected chi connectivity index (χ1v) is 8.74. The number of hydrogen-bond acceptors (Lipinski definition) is 4. The molecule has 0 aliphatic carbocycles. The number of amides is 2. The molecular formula is C19H24N4O3. The number of carbonyl (C=O) groups is 2. The van der Waals surface area contributed by atoms with Crippen LogP contribution in [-0.4, -0.2) is 53.2 Å². The third kappa shape index (κ3) is 4.04. The number of para-hydroxylation sites is 1. The highest BCUT2D eigenvalue weighted by Gasteiger charge is 2.40. The average Bonchev–Trinajstić information content (AvgIpc) is 3.28. The number of carbonyl (C=O) groups excluding carboxylic acids is 2. The van der Waals surface area contributed by atoms with Gasteiger partial charge in [-0.25, -0.2) is 0 Å². The predicted octanol–water partition coefficient (Wildman–Crippen LogP) is 1.18. The summed E-state index contributed by atoms with van der Waals surface area (Å²) in [5.74, 6) is 0.403. The monoisotopic (exact) mass is 356 g/mol. The summed E-state index contributed by atoms with van der Waals surface area (Å²) in [7, 11) is 3.47. The maximum atomic E-state index is 12.6. The Balaban J connectivity index is 1.61.